The van der Waals surface area contributed by atoms with E-state index in [0.717, 1.165) is 29.9 Å². The Morgan fingerprint density at radius 2 is 2.16 bits per heavy atom. The number of Topliss-reactive ketones (excluding diaryl/α,β-unsaturated/α-hetero) is 1. The van der Waals surface area contributed by atoms with E-state index in [1.807, 2.05) is 0 Å². The van der Waals surface area contributed by atoms with Crippen molar-refractivity contribution < 1.29 is 13.6 Å². The number of anilines is 1. The second-order valence-electron chi connectivity index (χ2n) is 4.69. The zero-order valence-corrected chi connectivity index (χ0v) is 11.1. The van der Waals surface area contributed by atoms with Crippen molar-refractivity contribution in [2.75, 3.05) is 5.73 Å². The number of rotatable bonds is 2. The second kappa shape index (κ2) is 4.23. The summed E-state index contributed by atoms with van der Waals surface area (Å²) < 4.78 is 26.8. The lowest BCUT2D eigenvalue weighted by molar-refractivity contribution is 0.102. The third-order valence-electron chi connectivity index (χ3n) is 3.48. The molecular weight excluding hydrogens is 270 g/mol. The number of hydrogen-bond acceptors (Lipinski definition) is 4. The number of thiophene rings is 1. The summed E-state index contributed by atoms with van der Waals surface area (Å²) in [6, 6.07) is 0. The number of aryl methyl sites for hydroxylation is 1. The Hall–Kier alpha value is -1.56. The van der Waals surface area contributed by atoms with Crippen LogP contribution in [0.3, 0.4) is 0 Å². The molecule has 6 heteroatoms. The maximum absolute atomic E-state index is 13.4. The fraction of sp³-hybridized carbons (Fsp3) is 0.385. The molecule has 2 aromatic heterocycles. The van der Waals surface area contributed by atoms with E-state index in [1.165, 1.54) is 6.92 Å². The normalized spacial score (nSPS) is 14.3. The molecule has 1 aliphatic carbocycles. The summed E-state index contributed by atoms with van der Waals surface area (Å²) in [6.45, 7) is 1.39. The molecular formula is C13H12F2N2OS. The predicted molar refractivity (Wildman–Crippen MR) is 71.0 cm³/mol. The van der Waals surface area contributed by atoms with Gasteiger partial charge in [0, 0.05) is 23.6 Å². The summed E-state index contributed by atoms with van der Waals surface area (Å²) in [6.07, 6.45) is -0.409. The van der Waals surface area contributed by atoms with Crippen LogP contribution in [0.15, 0.2) is 0 Å². The van der Waals surface area contributed by atoms with Crippen LogP contribution in [-0.2, 0) is 12.8 Å². The van der Waals surface area contributed by atoms with Gasteiger partial charge < -0.3 is 5.73 Å². The fourth-order valence-corrected chi connectivity index (χ4v) is 3.71. The third kappa shape index (κ3) is 1.74. The van der Waals surface area contributed by atoms with Crippen molar-refractivity contribution in [3.05, 3.63) is 21.7 Å². The SMILES string of the molecule is CC(=O)c1sc2nc3c(c(C(F)F)c2c1N)CCC3. The molecule has 0 saturated heterocycles. The van der Waals surface area contributed by atoms with Crippen LogP contribution in [0.5, 0.6) is 0 Å². The second-order valence-corrected chi connectivity index (χ2v) is 5.69. The summed E-state index contributed by atoms with van der Waals surface area (Å²) in [5.41, 5.74) is 7.39. The van der Waals surface area contributed by atoms with Gasteiger partial charge >= 0.3 is 0 Å². The van der Waals surface area contributed by atoms with Crippen LogP contribution in [0.25, 0.3) is 10.2 Å². The first-order valence-electron chi connectivity index (χ1n) is 6.03. The largest absolute Gasteiger partial charge is 0.397 e. The molecule has 0 fully saturated rings. The Labute approximate surface area is 112 Å². The minimum Gasteiger partial charge on any atom is -0.397 e. The van der Waals surface area contributed by atoms with Crippen molar-refractivity contribution >= 4 is 33.0 Å². The number of nitrogens with two attached hydrogens (primary N) is 1. The van der Waals surface area contributed by atoms with Gasteiger partial charge in [0.05, 0.1) is 10.6 Å². The van der Waals surface area contributed by atoms with Crippen molar-refractivity contribution in [3.63, 3.8) is 0 Å². The van der Waals surface area contributed by atoms with Crippen LogP contribution >= 0.6 is 11.3 Å². The highest BCUT2D eigenvalue weighted by Gasteiger charge is 2.28. The van der Waals surface area contributed by atoms with Crippen LogP contribution < -0.4 is 5.73 Å². The molecule has 0 saturated carbocycles. The topological polar surface area (TPSA) is 56.0 Å². The molecule has 0 atom stereocenters. The smallest absolute Gasteiger partial charge is 0.264 e. The summed E-state index contributed by atoms with van der Waals surface area (Å²) in [5, 5.41) is 0.283. The first-order valence-corrected chi connectivity index (χ1v) is 6.85. The van der Waals surface area contributed by atoms with Crippen LogP contribution in [0.2, 0.25) is 0 Å². The number of nitrogens with zero attached hydrogens (tertiary/aromatic N) is 1. The van der Waals surface area contributed by atoms with E-state index in [1.54, 1.807) is 0 Å². The van der Waals surface area contributed by atoms with Crippen LogP contribution in [0.4, 0.5) is 14.5 Å². The molecule has 0 spiro atoms. The molecule has 0 bridgehead atoms. The van der Waals surface area contributed by atoms with Gasteiger partial charge in [-0.3, -0.25) is 4.79 Å². The molecule has 0 aliphatic heterocycles. The molecule has 0 radical (unpaired) electrons. The van der Waals surface area contributed by atoms with Crippen LogP contribution in [-0.4, -0.2) is 10.8 Å². The highest BCUT2D eigenvalue weighted by molar-refractivity contribution is 7.21. The van der Waals surface area contributed by atoms with Crippen molar-refractivity contribution in [2.24, 2.45) is 0 Å². The Morgan fingerprint density at radius 1 is 1.42 bits per heavy atom. The van der Waals surface area contributed by atoms with Gasteiger partial charge in [-0.1, -0.05) is 0 Å². The molecule has 3 nitrogen and oxygen atoms in total. The Bertz CT molecular complexity index is 694. The number of halogens is 2. The van der Waals surface area contributed by atoms with Crippen molar-refractivity contribution in [1.82, 2.24) is 4.98 Å². The number of alkyl halides is 2. The lowest BCUT2D eigenvalue weighted by Crippen LogP contribution is -2.00. The first kappa shape index (κ1) is 12.5. The number of nitrogen functional groups attached to an aromatic ring is 1. The molecule has 19 heavy (non-hydrogen) atoms. The summed E-state index contributed by atoms with van der Waals surface area (Å²) >= 11 is 1.11. The molecule has 100 valence electrons. The van der Waals surface area contributed by atoms with E-state index in [9.17, 15) is 13.6 Å². The van der Waals surface area contributed by atoms with Gasteiger partial charge in [0.2, 0.25) is 0 Å². The number of pyridine rings is 1. The monoisotopic (exact) mass is 282 g/mol. The molecule has 2 aromatic rings. The molecule has 0 unspecified atom stereocenters. The number of fused-ring (bicyclic) bond motifs is 2. The number of carbonyl (C=O) groups excluding carboxylic acids is 1. The molecule has 0 aromatic carbocycles. The number of aromatic nitrogens is 1. The minimum atomic E-state index is -2.59. The van der Waals surface area contributed by atoms with E-state index in [-0.39, 0.29) is 22.4 Å². The van der Waals surface area contributed by atoms with Crippen molar-refractivity contribution in [2.45, 2.75) is 32.6 Å². The molecule has 2 N–H and O–H groups in total. The summed E-state index contributed by atoms with van der Waals surface area (Å²) in [5.74, 6) is -0.208. The zero-order valence-electron chi connectivity index (χ0n) is 10.3. The van der Waals surface area contributed by atoms with Gasteiger partial charge in [0.25, 0.3) is 6.43 Å². The van der Waals surface area contributed by atoms with E-state index in [2.05, 4.69) is 4.98 Å². The van der Waals surface area contributed by atoms with Crippen LogP contribution in [0.1, 0.15) is 46.3 Å². The Balaban J connectivity index is 2.42. The van der Waals surface area contributed by atoms with E-state index < -0.39 is 6.43 Å². The standard InChI is InChI=1S/C13H12F2N2OS/c1-5(18)11-10(16)9-8(12(14)15)6-3-2-4-7(6)17-13(9)19-11/h12H,2-4,16H2,1H3. The lowest BCUT2D eigenvalue weighted by Gasteiger charge is -2.09. The molecule has 1 aliphatic rings. The molecule has 3 rings (SSSR count). The number of hydrogen-bond donors (Lipinski definition) is 1. The molecule has 0 amide bonds. The van der Waals surface area contributed by atoms with Gasteiger partial charge in [-0.05, 0) is 24.8 Å². The van der Waals surface area contributed by atoms with Crippen LogP contribution in [0, 0.1) is 0 Å². The first-order chi connectivity index (χ1) is 9.00. The maximum atomic E-state index is 13.4. The minimum absolute atomic E-state index is 0.0150. The molecule has 2 heterocycles. The fourth-order valence-electron chi connectivity index (χ4n) is 2.69. The van der Waals surface area contributed by atoms with E-state index >= 15 is 0 Å². The number of carbonyl (C=O) groups is 1. The van der Waals surface area contributed by atoms with Gasteiger partial charge in [-0.2, -0.15) is 0 Å². The van der Waals surface area contributed by atoms with Crippen molar-refractivity contribution in [1.29, 1.82) is 0 Å². The lowest BCUT2D eigenvalue weighted by atomic mass is 10.0. The highest BCUT2D eigenvalue weighted by Crippen LogP contribution is 2.43. The third-order valence-corrected chi connectivity index (χ3v) is 4.68. The quantitative estimate of drug-likeness (QED) is 0.858. The van der Waals surface area contributed by atoms with Gasteiger partial charge in [-0.25, -0.2) is 13.8 Å². The van der Waals surface area contributed by atoms with Gasteiger partial charge in [-0.15, -0.1) is 11.3 Å². The average Bonchev–Trinajstić information content (AvgIpc) is 2.91. The van der Waals surface area contributed by atoms with Gasteiger partial charge in [0.1, 0.15) is 4.83 Å². The Kier molecular flexibility index (Phi) is 2.78. The average molecular weight is 282 g/mol. The van der Waals surface area contributed by atoms with E-state index in [4.69, 9.17) is 5.73 Å². The summed E-state index contributed by atoms with van der Waals surface area (Å²) in [7, 11) is 0. The van der Waals surface area contributed by atoms with E-state index in [0.29, 0.717) is 21.7 Å². The summed E-state index contributed by atoms with van der Waals surface area (Å²) in [4.78, 5) is 16.7. The zero-order chi connectivity index (χ0) is 13.7. The maximum Gasteiger partial charge on any atom is 0.264 e. The van der Waals surface area contributed by atoms with Crippen molar-refractivity contribution in [3.8, 4) is 0 Å². The van der Waals surface area contributed by atoms with Gasteiger partial charge in [0.15, 0.2) is 5.78 Å². The number of ketones is 1. The predicted octanol–water partition coefficient (Wildman–Crippen LogP) is 3.51. The Morgan fingerprint density at radius 3 is 2.79 bits per heavy atom. The highest BCUT2D eigenvalue weighted by atomic mass is 32.1.